The zero-order valence-electron chi connectivity index (χ0n) is 18.8. The Morgan fingerprint density at radius 1 is 1.22 bits per heavy atom. The van der Waals surface area contributed by atoms with E-state index in [4.69, 9.17) is 16.3 Å². The van der Waals surface area contributed by atoms with Gasteiger partial charge in [0.2, 0.25) is 5.91 Å². The number of anilines is 1. The second kappa shape index (κ2) is 11.0. The Hall–Kier alpha value is -2.28. The van der Waals surface area contributed by atoms with Crippen LogP contribution in [0.1, 0.15) is 45.1 Å². The zero-order chi connectivity index (χ0) is 23.1. The highest BCUT2D eigenvalue weighted by Gasteiger charge is 2.26. The van der Waals surface area contributed by atoms with Crippen LogP contribution in [0.3, 0.4) is 0 Å². The number of phenolic OH excluding ortho intramolecular Hbond substituents is 1. The fourth-order valence-electron chi connectivity index (χ4n) is 4.03. The highest BCUT2D eigenvalue weighted by atomic mass is 35.5. The predicted molar refractivity (Wildman–Crippen MR) is 127 cm³/mol. The summed E-state index contributed by atoms with van der Waals surface area (Å²) < 4.78 is 5.77. The van der Waals surface area contributed by atoms with E-state index in [-0.39, 0.29) is 18.3 Å². The summed E-state index contributed by atoms with van der Waals surface area (Å²) in [6.45, 7) is 6.30. The number of likely N-dealkylation sites (tertiary alicyclic amines) is 1. The van der Waals surface area contributed by atoms with Crippen molar-refractivity contribution in [1.82, 2.24) is 4.90 Å². The average Bonchev–Trinajstić information content (AvgIpc) is 2.75. The molecule has 0 spiro atoms. The maximum atomic E-state index is 11.4. The number of phenols is 1. The van der Waals surface area contributed by atoms with Crippen LogP contribution in [-0.2, 0) is 11.3 Å². The van der Waals surface area contributed by atoms with Gasteiger partial charge in [-0.25, -0.2) is 0 Å². The van der Waals surface area contributed by atoms with E-state index in [2.05, 4.69) is 22.3 Å². The molecule has 0 saturated carbocycles. The molecule has 174 valence electrons. The lowest BCUT2D eigenvalue weighted by Crippen LogP contribution is -2.36. The Labute approximate surface area is 195 Å². The lowest BCUT2D eigenvalue weighted by atomic mass is 9.87. The van der Waals surface area contributed by atoms with Crippen molar-refractivity contribution in [2.45, 2.75) is 51.7 Å². The Morgan fingerprint density at radius 2 is 1.91 bits per heavy atom. The minimum atomic E-state index is -1.00. The smallest absolute Gasteiger partial charge is 0.221 e. The quantitative estimate of drug-likeness (QED) is 0.467. The number of amides is 1. The number of nitrogens with one attached hydrogen (secondary N) is 1. The maximum absolute atomic E-state index is 11.4. The van der Waals surface area contributed by atoms with E-state index in [0.717, 1.165) is 43.9 Å². The van der Waals surface area contributed by atoms with E-state index in [1.165, 1.54) is 24.6 Å². The third kappa shape index (κ3) is 7.69. The van der Waals surface area contributed by atoms with Crippen LogP contribution in [0.4, 0.5) is 5.69 Å². The molecule has 1 aliphatic rings. The highest BCUT2D eigenvalue weighted by molar-refractivity contribution is 6.30. The first kappa shape index (κ1) is 24.4. The molecular weight excluding hydrogens is 428 g/mol. The molecule has 1 aliphatic heterocycles. The fourth-order valence-corrected chi connectivity index (χ4v) is 4.15. The van der Waals surface area contributed by atoms with Gasteiger partial charge in [0, 0.05) is 24.6 Å². The van der Waals surface area contributed by atoms with Crippen molar-refractivity contribution >= 4 is 23.2 Å². The van der Waals surface area contributed by atoms with E-state index in [0.29, 0.717) is 23.8 Å². The molecule has 0 unspecified atom stereocenters. The molecular formula is C25H33ClN2O4. The molecule has 0 aliphatic carbocycles. The Kier molecular flexibility index (Phi) is 8.40. The Morgan fingerprint density at radius 3 is 2.56 bits per heavy atom. The number of ether oxygens (including phenoxy) is 1. The van der Waals surface area contributed by atoms with Crippen LogP contribution in [0.5, 0.6) is 11.5 Å². The monoisotopic (exact) mass is 460 g/mol. The number of aromatic hydroxyl groups is 1. The van der Waals surface area contributed by atoms with Crippen LogP contribution in [0.2, 0.25) is 5.02 Å². The minimum absolute atomic E-state index is 0.0408. The first-order chi connectivity index (χ1) is 15.2. The first-order valence-electron chi connectivity index (χ1n) is 11.1. The van der Waals surface area contributed by atoms with Gasteiger partial charge in [0.25, 0.3) is 0 Å². The van der Waals surface area contributed by atoms with Crippen LogP contribution in [0.25, 0.3) is 0 Å². The minimum Gasteiger partial charge on any atom is -0.508 e. The number of aliphatic hydroxyl groups is 1. The van der Waals surface area contributed by atoms with Crippen molar-refractivity contribution < 1.29 is 19.7 Å². The number of piperidine rings is 1. The standard InChI is InChI=1S/C25H33ClN2O4/c1-18(29)27-23-8-7-22(30)15-24(23)32-17-25(2,31)12-9-19-10-13-28(14-11-19)16-20-3-5-21(26)6-4-20/h3-8,15,19,30-31H,9-14,16-17H2,1-2H3,(H,27,29)/t25-/m0/s1. The van der Waals surface area contributed by atoms with Crippen molar-refractivity contribution in [3.8, 4) is 11.5 Å². The van der Waals surface area contributed by atoms with Crippen LogP contribution < -0.4 is 10.1 Å². The van der Waals surface area contributed by atoms with Crippen molar-refractivity contribution in [2.24, 2.45) is 5.92 Å². The first-order valence-corrected chi connectivity index (χ1v) is 11.5. The fraction of sp³-hybridized carbons (Fsp3) is 0.480. The molecule has 1 atom stereocenters. The molecule has 1 heterocycles. The second-order valence-corrected chi connectivity index (χ2v) is 9.47. The summed E-state index contributed by atoms with van der Waals surface area (Å²) in [7, 11) is 0. The number of carbonyl (C=O) groups is 1. The highest BCUT2D eigenvalue weighted by Crippen LogP contribution is 2.31. The van der Waals surface area contributed by atoms with Gasteiger partial charge in [-0.15, -0.1) is 0 Å². The van der Waals surface area contributed by atoms with Crippen molar-refractivity contribution in [3.63, 3.8) is 0 Å². The van der Waals surface area contributed by atoms with E-state index >= 15 is 0 Å². The molecule has 1 fully saturated rings. The predicted octanol–water partition coefficient (Wildman–Crippen LogP) is 4.83. The summed E-state index contributed by atoms with van der Waals surface area (Å²) in [5, 5.41) is 24.0. The number of rotatable bonds is 9. The lowest BCUT2D eigenvalue weighted by Gasteiger charge is -2.33. The summed E-state index contributed by atoms with van der Waals surface area (Å²) >= 11 is 5.97. The molecule has 1 saturated heterocycles. The van der Waals surface area contributed by atoms with Gasteiger partial charge in [-0.2, -0.15) is 0 Å². The molecule has 7 heteroatoms. The van der Waals surface area contributed by atoms with E-state index in [1.807, 2.05) is 12.1 Å². The molecule has 6 nitrogen and oxygen atoms in total. The molecule has 2 aromatic carbocycles. The second-order valence-electron chi connectivity index (χ2n) is 9.03. The summed E-state index contributed by atoms with van der Waals surface area (Å²) in [4.78, 5) is 13.8. The molecule has 32 heavy (non-hydrogen) atoms. The largest absolute Gasteiger partial charge is 0.508 e. The summed E-state index contributed by atoms with van der Waals surface area (Å²) in [5.41, 5.74) is 0.747. The molecule has 3 rings (SSSR count). The number of nitrogens with zero attached hydrogens (tertiary/aromatic N) is 1. The van der Waals surface area contributed by atoms with E-state index in [9.17, 15) is 15.0 Å². The van der Waals surface area contributed by atoms with Gasteiger partial charge in [0.05, 0.1) is 11.3 Å². The average molecular weight is 461 g/mol. The summed E-state index contributed by atoms with van der Waals surface area (Å²) in [5.74, 6) is 0.739. The Balaban J connectivity index is 1.43. The third-order valence-electron chi connectivity index (χ3n) is 5.93. The SMILES string of the molecule is CC(=O)Nc1ccc(O)cc1OC[C@@](C)(O)CCC1CCN(Cc2ccc(Cl)cc2)CC1. The van der Waals surface area contributed by atoms with Gasteiger partial charge >= 0.3 is 0 Å². The van der Waals surface area contributed by atoms with Crippen LogP contribution >= 0.6 is 11.6 Å². The zero-order valence-corrected chi connectivity index (χ0v) is 19.6. The van der Waals surface area contributed by atoms with Gasteiger partial charge in [0.15, 0.2) is 0 Å². The number of hydrogen-bond donors (Lipinski definition) is 3. The van der Waals surface area contributed by atoms with Crippen LogP contribution in [0.15, 0.2) is 42.5 Å². The van der Waals surface area contributed by atoms with Gasteiger partial charge < -0.3 is 20.3 Å². The van der Waals surface area contributed by atoms with Gasteiger partial charge in [-0.05, 0) is 81.4 Å². The normalized spacial score (nSPS) is 17.0. The Bertz CT molecular complexity index is 893. The third-order valence-corrected chi connectivity index (χ3v) is 6.18. The lowest BCUT2D eigenvalue weighted by molar-refractivity contribution is -0.114. The number of carbonyl (C=O) groups excluding carboxylic acids is 1. The number of benzene rings is 2. The van der Waals surface area contributed by atoms with Gasteiger partial charge in [-0.1, -0.05) is 23.7 Å². The molecule has 0 aromatic heterocycles. The molecule has 1 amide bonds. The molecule has 2 aromatic rings. The number of halogens is 1. The van der Waals surface area contributed by atoms with Crippen LogP contribution in [0, 0.1) is 5.92 Å². The van der Waals surface area contributed by atoms with Gasteiger partial charge in [-0.3, -0.25) is 9.69 Å². The number of hydrogen-bond acceptors (Lipinski definition) is 5. The molecule has 0 radical (unpaired) electrons. The maximum Gasteiger partial charge on any atom is 0.221 e. The molecule has 0 bridgehead atoms. The summed E-state index contributed by atoms with van der Waals surface area (Å²) in [6.07, 6.45) is 3.79. The van der Waals surface area contributed by atoms with Crippen molar-refractivity contribution in [2.75, 3.05) is 25.0 Å². The summed E-state index contributed by atoms with van der Waals surface area (Å²) in [6, 6.07) is 12.5. The van der Waals surface area contributed by atoms with Gasteiger partial charge in [0.1, 0.15) is 18.1 Å². The molecule has 3 N–H and O–H groups in total. The van der Waals surface area contributed by atoms with Crippen LogP contribution in [-0.4, -0.2) is 46.3 Å². The topological polar surface area (TPSA) is 82.0 Å². The van der Waals surface area contributed by atoms with Crippen molar-refractivity contribution in [3.05, 3.63) is 53.1 Å². The van der Waals surface area contributed by atoms with E-state index < -0.39 is 5.60 Å². The van der Waals surface area contributed by atoms with E-state index in [1.54, 1.807) is 13.0 Å². The van der Waals surface area contributed by atoms with Crippen molar-refractivity contribution in [1.29, 1.82) is 0 Å².